The molecule has 0 heterocycles. The zero-order chi connectivity index (χ0) is 31.9. The Labute approximate surface area is 260 Å². The number of ketones is 2. The van der Waals surface area contributed by atoms with Gasteiger partial charge in [0.05, 0.1) is 6.54 Å². The van der Waals surface area contributed by atoms with Crippen LogP contribution in [-0.2, 0) is 28.7 Å². The summed E-state index contributed by atoms with van der Waals surface area (Å²) in [4.78, 5) is 75.1. The minimum absolute atomic E-state index is 0.0103. The number of rotatable bonds is 15. The third-order valence-electron chi connectivity index (χ3n) is 7.75. The lowest BCUT2D eigenvalue weighted by molar-refractivity contribution is -0.133. The molecule has 4 amide bonds. The van der Waals surface area contributed by atoms with Crippen LogP contribution in [0, 0.1) is 0 Å². The van der Waals surface area contributed by atoms with Gasteiger partial charge in [0.15, 0.2) is 0 Å². The van der Waals surface area contributed by atoms with Gasteiger partial charge in [-0.25, -0.2) is 4.79 Å². The molecule has 4 rings (SSSR count). The van der Waals surface area contributed by atoms with Crippen molar-refractivity contribution in [2.24, 2.45) is 0 Å². The Morgan fingerprint density at radius 3 is 2.02 bits per heavy atom. The smallest absolute Gasteiger partial charge is 0.407 e. The average Bonchev–Trinajstić information content (AvgIpc) is 3.71. The van der Waals surface area contributed by atoms with Crippen molar-refractivity contribution in [2.75, 3.05) is 25.2 Å². The summed E-state index contributed by atoms with van der Waals surface area (Å²) < 4.78 is 5.60. The summed E-state index contributed by atoms with van der Waals surface area (Å²) in [6.07, 6.45) is 1.80. The van der Waals surface area contributed by atoms with E-state index in [9.17, 15) is 28.8 Å². The number of amides is 4. The number of carbonyl (C=O) groups is 6. The summed E-state index contributed by atoms with van der Waals surface area (Å²) in [5.74, 6) is -2.01. The second-order valence-electron chi connectivity index (χ2n) is 11.2. The van der Waals surface area contributed by atoms with Gasteiger partial charge in [0, 0.05) is 18.1 Å². The normalized spacial score (nSPS) is 15.5. The van der Waals surface area contributed by atoms with E-state index in [4.69, 9.17) is 4.74 Å². The van der Waals surface area contributed by atoms with Gasteiger partial charge in [-0.05, 0) is 61.6 Å². The van der Waals surface area contributed by atoms with Crippen molar-refractivity contribution in [2.45, 2.75) is 63.1 Å². The van der Waals surface area contributed by atoms with E-state index in [2.05, 4.69) is 21.3 Å². The zero-order valence-electron chi connectivity index (χ0n) is 25.1. The third-order valence-corrected chi connectivity index (χ3v) is 8.42. The van der Waals surface area contributed by atoms with Crippen LogP contribution in [0.25, 0.3) is 11.1 Å². The number of hydrogen-bond acceptors (Lipinski definition) is 8. The van der Waals surface area contributed by atoms with Crippen LogP contribution in [0.2, 0.25) is 0 Å². The van der Waals surface area contributed by atoms with Crippen LogP contribution in [0.3, 0.4) is 0 Å². The molecule has 2 aliphatic rings. The summed E-state index contributed by atoms with van der Waals surface area (Å²) in [5.41, 5.74) is 3.13. The fraction of sp³-hybridized carbons (Fsp3) is 0.438. The van der Waals surface area contributed by atoms with Crippen molar-refractivity contribution in [3.05, 3.63) is 59.7 Å². The van der Waals surface area contributed by atoms with Gasteiger partial charge in [0.1, 0.15) is 35.8 Å². The number of Topliss-reactive ketones (excluding diaryl/α,β-unsaturated/α-hetero) is 2. The summed E-state index contributed by atoms with van der Waals surface area (Å²) in [7, 11) is 0. The minimum Gasteiger partial charge on any atom is -0.449 e. The van der Waals surface area contributed by atoms with Gasteiger partial charge in [-0.2, -0.15) is 11.8 Å². The maximum absolute atomic E-state index is 13.4. The summed E-state index contributed by atoms with van der Waals surface area (Å²) in [5, 5.41) is 10.5. The number of alkyl carbamates (subject to hydrolysis) is 1. The molecule has 0 aromatic heterocycles. The quantitative estimate of drug-likeness (QED) is 0.236. The van der Waals surface area contributed by atoms with Crippen molar-refractivity contribution in [1.82, 2.24) is 21.3 Å². The van der Waals surface area contributed by atoms with E-state index in [1.165, 1.54) is 25.6 Å². The van der Waals surface area contributed by atoms with E-state index in [0.29, 0.717) is 12.8 Å². The van der Waals surface area contributed by atoms with E-state index >= 15 is 0 Å². The molecule has 2 aromatic rings. The van der Waals surface area contributed by atoms with Crippen LogP contribution in [0.15, 0.2) is 48.5 Å². The van der Waals surface area contributed by atoms with E-state index in [1.807, 2.05) is 48.5 Å². The number of hydrogen-bond donors (Lipinski definition) is 4. The molecule has 0 bridgehead atoms. The predicted molar refractivity (Wildman–Crippen MR) is 166 cm³/mol. The van der Waals surface area contributed by atoms with Crippen LogP contribution >= 0.6 is 11.8 Å². The molecule has 0 spiro atoms. The lowest BCUT2D eigenvalue weighted by atomic mass is 9.98. The number of nitrogens with one attached hydrogen (secondary N) is 4. The Kier molecular flexibility index (Phi) is 10.8. The number of benzene rings is 2. The Balaban J connectivity index is 1.39. The van der Waals surface area contributed by atoms with Gasteiger partial charge >= 0.3 is 6.09 Å². The van der Waals surface area contributed by atoms with Crippen LogP contribution in [0.1, 0.15) is 56.6 Å². The average molecular weight is 623 g/mol. The van der Waals surface area contributed by atoms with Crippen molar-refractivity contribution in [3.63, 3.8) is 0 Å². The summed E-state index contributed by atoms with van der Waals surface area (Å²) in [6, 6.07) is 13.7. The Bertz CT molecular complexity index is 1400. The molecule has 0 radical (unpaired) electrons. The first kappa shape index (κ1) is 32.7. The molecule has 2 aromatic carbocycles. The van der Waals surface area contributed by atoms with Gasteiger partial charge in [-0.1, -0.05) is 48.5 Å². The second kappa shape index (κ2) is 14.5. The summed E-state index contributed by atoms with van der Waals surface area (Å²) in [6.45, 7) is 2.65. The molecule has 0 saturated heterocycles. The SMILES string of the molecule is CSC[C@@H](NC(=O)[C@@H](CCC(C)=O)NC(=O)OCC1c2ccccc2-c2ccccc21)C(=O)NC1(C(=O)NCC(C)=O)CC1. The highest BCUT2D eigenvalue weighted by Crippen LogP contribution is 2.44. The number of carbonyl (C=O) groups excluding carboxylic acids is 6. The van der Waals surface area contributed by atoms with Crippen LogP contribution in [0.4, 0.5) is 4.79 Å². The fourth-order valence-electron chi connectivity index (χ4n) is 5.25. The molecule has 2 aliphatic carbocycles. The van der Waals surface area contributed by atoms with Gasteiger partial charge in [-0.3, -0.25) is 19.2 Å². The molecule has 11 nitrogen and oxygen atoms in total. The minimum atomic E-state index is -1.14. The maximum Gasteiger partial charge on any atom is 0.407 e. The molecule has 234 valence electrons. The predicted octanol–water partition coefficient (Wildman–Crippen LogP) is 2.46. The van der Waals surface area contributed by atoms with E-state index in [0.717, 1.165) is 22.3 Å². The third kappa shape index (κ3) is 8.04. The highest BCUT2D eigenvalue weighted by atomic mass is 32.2. The van der Waals surface area contributed by atoms with Crippen molar-refractivity contribution in [1.29, 1.82) is 0 Å². The number of fused-ring (bicyclic) bond motifs is 3. The van der Waals surface area contributed by atoms with Crippen molar-refractivity contribution in [3.8, 4) is 11.1 Å². The number of ether oxygens (including phenoxy) is 1. The topological polar surface area (TPSA) is 160 Å². The van der Waals surface area contributed by atoms with Gasteiger partial charge in [0.25, 0.3) is 0 Å². The Morgan fingerprint density at radius 2 is 1.48 bits per heavy atom. The van der Waals surface area contributed by atoms with Crippen LogP contribution in [0.5, 0.6) is 0 Å². The van der Waals surface area contributed by atoms with Crippen LogP contribution < -0.4 is 21.3 Å². The van der Waals surface area contributed by atoms with E-state index in [1.54, 1.807) is 6.26 Å². The molecule has 44 heavy (non-hydrogen) atoms. The van der Waals surface area contributed by atoms with Crippen molar-refractivity contribution < 1.29 is 33.5 Å². The number of thioether (sulfide) groups is 1. The standard InChI is InChI=1S/C32H38N4O7S/c1-19(37)12-13-26(28(39)34-27(18-44-3)29(40)36-32(14-15-32)30(41)33-16-20(2)38)35-31(42)43-17-25-23-10-6-4-8-21(23)22-9-5-7-11-24(22)25/h4-11,25-27H,12-18H2,1-3H3,(H,33,41)(H,34,39)(H,35,42)(H,36,40)/t26-,27-/m1/s1. The first-order valence-corrected chi connectivity index (χ1v) is 15.9. The molecule has 0 unspecified atom stereocenters. The second-order valence-corrected chi connectivity index (χ2v) is 12.1. The molecule has 2 atom stereocenters. The molecule has 4 N–H and O–H groups in total. The highest BCUT2D eigenvalue weighted by Gasteiger charge is 2.51. The molecule has 1 saturated carbocycles. The fourth-order valence-corrected chi connectivity index (χ4v) is 5.82. The molecule has 0 aliphatic heterocycles. The molecule has 12 heteroatoms. The largest absolute Gasteiger partial charge is 0.449 e. The highest BCUT2D eigenvalue weighted by molar-refractivity contribution is 7.98. The molecule has 1 fully saturated rings. The van der Waals surface area contributed by atoms with Gasteiger partial charge in [-0.15, -0.1) is 0 Å². The monoisotopic (exact) mass is 622 g/mol. The molecular formula is C32H38N4O7S. The molecular weight excluding hydrogens is 584 g/mol. The Hall–Kier alpha value is -4.19. The first-order chi connectivity index (χ1) is 21.0. The Morgan fingerprint density at radius 1 is 0.864 bits per heavy atom. The van der Waals surface area contributed by atoms with E-state index < -0.39 is 41.4 Å². The van der Waals surface area contributed by atoms with Gasteiger partial charge in [0.2, 0.25) is 17.7 Å². The summed E-state index contributed by atoms with van der Waals surface area (Å²) >= 11 is 1.32. The van der Waals surface area contributed by atoms with Gasteiger partial charge < -0.3 is 30.8 Å². The lowest BCUT2D eigenvalue weighted by Crippen LogP contribution is -2.58. The van der Waals surface area contributed by atoms with E-state index in [-0.39, 0.29) is 49.2 Å². The van der Waals surface area contributed by atoms with Crippen LogP contribution in [-0.4, -0.2) is 78.2 Å². The maximum atomic E-state index is 13.4. The van der Waals surface area contributed by atoms with Crippen molar-refractivity contribution >= 4 is 47.1 Å². The lowest BCUT2D eigenvalue weighted by Gasteiger charge is -2.25. The zero-order valence-corrected chi connectivity index (χ0v) is 25.9. The first-order valence-electron chi connectivity index (χ1n) is 14.5.